The smallest absolute Gasteiger partial charge is 0.434 e. The highest BCUT2D eigenvalue weighted by atomic mass is 16.7. The first-order valence-corrected chi connectivity index (χ1v) is 9.77. The molecule has 4 bridgehead atoms. The number of rotatable bonds is 4. The van der Waals surface area contributed by atoms with Crippen molar-refractivity contribution >= 4 is 6.16 Å². The van der Waals surface area contributed by atoms with Crippen molar-refractivity contribution in [1.82, 2.24) is 0 Å². The van der Waals surface area contributed by atoms with Crippen molar-refractivity contribution in [2.24, 2.45) is 35.5 Å². The van der Waals surface area contributed by atoms with Gasteiger partial charge in [0.1, 0.15) is 0 Å². The Bertz CT molecular complexity index is 513. The molecule has 0 aromatic rings. The maximum absolute atomic E-state index is 12.0. The maximum atomic E-state index is 12.0. The molecule has 2 unspecified atom stereocenters. The molecule has 3 nitrogen and oxygen atoms in total. The predicted octanol–water partition coefficient (Wildman–Crippen LogP) is 5.12. The second kappa shape index (κ2) is 6.57. The molecule has 4 fully saturated rings. The van der Waals surface area contributed by atoms with E-state index in [0.29, 0.717) is 36.9 Å². The van der Waals surface area contributed by atoms with E-state index >= 15 is 0 Å². The summed E-state index contributed by atoms with van der Waals surface area (Å²) in [7, 11) is 0. The van der Waals surface area contributed by atoms with Crippen molar-refractivity contribution in [2.45, 2.75) is 52.4 Å². The Labute approximate surface area is 145 Å². The van der Waals surface area contributed by atoms with Gasteiger partial charge in [-0.25, -0.2) is 4.79 Å². The third-order valence-electron chi connectivity index (χ3n) is 7.16. The molecule has 4 rings (SSSR count). The molecule has 0 spiro atoms. The number of hydrogen-bond acceptors (Lipinski definition) is 3. The van der Waals surface area contributed by atoms with E-state index in [2.05, 4.69) is 26.0 Å². The van der Waals surface area contributed by atoms with Gasteiger partial charge in [-0.2, -0.15) is 0 Å². The Morgan fingerprint density at radius 2 is 1.33 bits per heavy atom. The first-order chi connectivity index (χ1) is 11.7. The molecule has 3 heteroatoms. The van der Waals surface area contributed by atoms with E-state index in [1.807, 2.05) is 0 Å². The lowest BCUT2D eigenvalue weighted by Crippen LogP contribution is -2.24. The van der Waals surface area contributed by atoms with Gasteiger partial charge in [-0.1, -0.05) is 23.3 Å². The summed E-state index contributed by atoms with van der Waals surface area (Å²) in [6, 6.07) is 0. The Kier molecular flexibility index (Phi) is 4.44. The Morgan fingerprint density at radius 1 is 0.875 bits per heavy atom. The fourth-order valence-corrected chi connectivity index (χ4v) is 6.12. The number of carbonyl (C=O) groups excluding carboxylic acids is 1. The van der Waals surface area contributed by atoms with Crippen LogP contribution in [0.2, 0.25) is 0 Å². The second-order valence-corrected chi connectivity index (χ2v) is 8.42. The van der Waals surface area contributed by atoms with Gasteiger partial charge in [0, 0.05) is 11.8 Å². The highest BCUT2D eigenvalue weighted by Gasteiger charge is 2.44. The van der Waals surface area contributed by atoms with Gasteiger partial charge in [0.25, 0.3) is 0 Å². The molecule has 0 amide bonds. The van der Waals surface area contributed by atoms with Gasteiger partial charge >= 0.3 is 6.16 Å². The minimum atomic E-state index is -0.454. The number of fused-ring (bicyclic) bond motifs is 4. The maximum Gasteiger partial charge on any atom is 0.508 e. The molecule has 0 N–H and O–H groups in total. The van der Waals surface area contributed by atoms with Crippen LogP contribution in [0.4, 0.5) is 4.79 Å². The summed E-state index contributed by atoms with van der Waals surface area (Å²) in [5.41, 5.74) is 3.16. The van der Waals surface area contributed by atoms with E-state index in [0.717, 1.165) is 11.8 Å². The molecule has 0 saturated heterocycles. The van der Waals surface area contributed by atoms with Crippen molar-refractivity contribution in [3.8, 4) is 0 Å². The van der Waals surface area contributed by atoms with Gasteiger partial charge in [0.2, 0.25) is 0 Å². The van der Waals surface area contributed by atoms with Crippen LogP contribution in [0.5, 0.6) is 0 Å². The van der Waals surface area contributed by atoms with Crippen LogP contribution in [0.1, 0.15) is 52.4 Å². The Balaban J connectivity index is 1.21. The van der Waals surface area contributed by atoms with E-state index in [4.69, 9.17) is 9.47 Å². The molecular weight excluding hydrogens is 300 g/mol. The van der Waals surface area contributed by atoms with Gasteiger partial charge in [0.15, 0.2) is 0 Å². The molecule has 0 aromatic carbocycles. The van der Waals surface area contributed by atoms with Crippen LogP contribution in [0.15, 0.2) is 23.3 Å². The van der Waals surface area contributed by atoms with Gasteiger partial charge in [-0.05, 0) is 76.0 Å². The summed E-state index contributed by atoms with van der Waals surface area (Å²) in [6.07, 6.45) is 11.6. The molecule has 6 atom stereocenters. The third-order valence-corrected chi connectivity index (χ3v) is 7.16. The van der Waals surface area contributed by atoms with Crippen LogP contribution in [-0.2, 0) is 9.47 Å². The summed E-state index contributed by atoms with van der Waals surface area (Å²) in [6.45, 7) is 5.34. The monoisotopic (exact) mass is 330 g/mol. The largest absolute Gasteiger partial charge is 0.508 e. The zero-order chi connectivity index (χ0) is 16.7. The van der Waals surface area contributed by atoms with Crippen molar-refractivity contribution < 1.29 is 14.3 Å². The molecule has 4 aliphatic rings. The lowest BCUT2D eigenvalue weighted by Gasteiger charge is -2.25. The van der Waals surface area contributed by atoms with Crippen molar-refractivity contribution in [2.75, 3.05) is 13.2 Å². The highest BCUT2D eigenvalue weighted by molar-refractivity contribution is 5.59. The zero-order valence-corrected chi connectivity index (χ0v) is 15.0. The van der Waals surface area contributed by atoms with E-state index in [1.54, 1.807) is 11.1 Å². The van der Waals surface area contributed by atoms with Crippen molar-refractivity contribution in [1.29, 1.82) is 0 Å². The van der Waals surface area contributed by atoms with Gasteiger partial charge < -0.3 is 9.47 Å². The zero-order valence-electron chi connectivity index (χ0n) is 15.0. The van der Waals surface area contributed by atoms with Gasteiger partial charge in [0.05, 0.1) is 13.2 Å². The number of ether oxygens (including phenoxy) is 2. The highest BCUT2D eigenvalue weighted by Crippen LogP contribution is 2.52. The topological polar surface area (TPSA) is 35.5 Å². The summed E-state index contributed by atoms with van der Waals surface area (Å²) in [4.78, 5) is 12.0. The lowest BCUT2D eigenvalue weighted by molar-refractivity contribution is 0.0273. The van der Waals surface area contributed by atoms with Crippen molar-refractivity contribution in [3.05, 3.63) is 23.3 Å². The molecule has 0 radical (unpaired) electrons. The van der Waals surface area contributed by atoms with Crippen LogP contribution < -0.4 is 0 Å². The summed E-state index contributed by atoms with van der Waals surface area (Å²) < 4.78 is 10.9. The summed E-state index contributed by atoms with van der Waals surface area (Å²) in [5, 5.41) is 0. The first kappa shape index (κ1) is 16.2. The molecule has 132 valence electrons. The SMILES string of the molecule is C/C=C1\C[C@H]2CC(COC(=O)OCC3C[C@@H]4C/C(=C\C)[C@H]3C4)[C@@H]1C2. The standard InChI is InChI=1S/C21H30O3/c1-3-15-5-13-7-17(19(15)9-13)11-23-21(22)24-12-18-8-14-6-16(4-2)20(18)10-14/h3-4,13-14,17-20H,5-12H2,1-2H3/b15-3+,16-4+/t13-,14-,17?,18?,19+,20+/m0/s1. The summed E-state index contributed by atoms with van der Waals surface area (Å²) in [5.74, 6) is 3.96. The minimum absolute atomic E-state index is 0.454. The molecule has 0 heterocycles. The number of allylic oxidation sites excluding steroid dienone is 4. The molecule has 4 saturated carbocycles. The van der Waals surface area contributed by atoms with Crippen LogP contribution in [-0.4, -0.2) is 19.4 Å². The van der Waals surface area contributed by atoms with Crippen LogP contribution in [0.3, 0.4) is 0 Å². The quantitative estimate of drug-likeness (QED) is 0.530. The van der Waals surface area contributed by atoms with Gasteiger partial charge in [-0.3, -0.25) is 0 Å². The van der Waals surface area contributed by atoms with E-state index in [1.165, 1.54) is 38.5 Å². The van der Waals surface area contributed by atoms with E-state index in [9.17, 15) is 4.79 Å². The average molecular weight is 330 g/mol. The Hall–Kier alpha value is -1.25. The minimum Gasteiger partial charge on any atom is -0.434 e. The molecule has 0 aromatic heterocycles. The number of hydrogen-bond donors (Lipinski definition) is 0. The van der Waals surface area contributed by atoms with Crippen LogP contribution >= 0.6 is 0 Å². The molecular formula is C21H30O3. The summed E-state index contributed by atoms with van der Waals surface area (Å²) >= 11 is 0. The van der Waals surface area contributed by atoms with Crippen LogP contribution in [0, 0.1) is 35.5 Å². The van der Waals surface area contributed by atoms with Crippen molar-refractivity contribution in [3.63, 3.8) is 0 Å². The predicted molar refractivity (Wildman–Crippen MR) is 93.5 cm³/mol. The average Bonchev–Trinajstić information content (AvgIpc) is 3.36. The molecule has 24 heavy (non-hydrogen) atoms. The van der Waals surface area contributed by atoms with Crippen LogP contribution in [0.25, 0.3) is 0 Å². The normalized spacial score (nSPS) is 43.1. The first-order valence-electron chi connectivity index (χ1n) is 9.77. The van der Waals surface area contributed by atoms with Gasteiger partial charge in [-0.15, -0.1) is 0 Å². The van der Waals surface area contributed by atoms with E-state index in [-0.39, 0.29) is 0 Å². The lowest BCUT2D eigenvalue weighted by atomic mass is 9.85. The van der Waals surface area contributed by atoms with E-state index < -0.39 is 6.16 Å². The fourth-order valence-electron chi connectivity index (χ4n) is 6.12. The fraction of sp³-hybridized carbons (Fsp3) is 0.762. The number of carbonyl (C=O) groups is 1. The Morgan fingerprint density at radius 3 is 1.71 bits per heavy atom. The molecule has 4 aliphatic carbocycles. The second-order valence-electron chi connectivity index (χ2n) is 8.42. The third kappa shape index (κ3) is 2.91. The molecule has 0 aliphatic heterocycles.